The summed E-state index contributed by atoms with van der Waals surface area (Å²) in [4.78, 5) is 19.1. The molecule has 1 aliphatic heterocycles. The average molecular weight is 356 g/mol. The van der Waals surface area contributed by atoms with Gasteiger partial charge in [-0.25, -0.2) is 9.37 Å². The number of nitrogens with zero attached hydrogens (tertiary/aromatic N) is 3. The van der Waals surface area contributed by atoms with E-state index in [1.54, 1.807) is 29.2 Å². The van der Waals surface area contributed by atoms with Crippen molar-refractivity contribution in [3.8, 4) is 0 Å². The normalized spacial score (nSPS) is 24.6. The standard InChI is InChI=1S/C20H25FN4O/c1-20(2)11-25(17-7-5-13-4-6-14(21)8-15(13)17)10-18(20)23-19(26)16-9-24(3)12-22-16/h4,6,8-9,12,17-18H,5,7,10-11H2,1-3H3,(H,23,26). The predicted molar refractivity (Wildman–Crippen MR) is 97.3 cm³/mol. The first-order valence-electron chi connectivity index (χ1n) is 9.15. The third-order valence-electron chi connectivity index (χ3n) is 5.81. The molecule has 5 nitrogen and oxygen atoms in total. The lowest BCUT2D eigenvalue weighted by molar-refractivity contribution is 0.0911. The minimum Gasteiger partial charge on any atom is -0.346 e. The molecular weight excluding hydrogens is 331 g/mol. The quantitative estimate of drug-likeness (QED) is 0.920. The zero-order valence-corrected chi connectivity index (χ0v) is 15.5. The molecule has 2 aromatic rings. The molecule has 1 aliphatic carbocycles. The van der Waals surface area contributed by atoms with Gasteiger partial charge in [0.2, 0.25) is 0 Å². The molecule has 0 bridgehead atoms. The monoisotopic (exact) mass is 356 g/mol. The fourth-order valence-corrected chi connectivity index (χ4v) is 4.35. The van der Waals surface area contributed by atoms with Gasteiger partial charge < -0.3 is 9.88 Å². The van der Waals surface area contributed by atoms with E-state index in [0.29, 0.717) is 5.69 Å². The first-order valence-corrected chi connectivity index (χ1v) is 9.15. The van der Waals surface area contributed by atoms with Crippen molar-refractivity contribution in [2.75, 3.05) is 13.1 Å². The van der Waals surface area contributed by atoms with Crippen LogP contribution in [0, 0.1) is 11.2 Å². The van der Waals surface area contributed by atoms with E-state index in [-0.39, 0.29) is 29.2 Å². The summed E-state index contributed by atoms with van der Waals surface area (Å²) in [6.45, 7) is 6.00. The minimum atomic E-state index is -0.172. The van der Waals surface area contributed by atoms with Crippen molar-refractivity contribution in [1.82, 2.24) is 19.8 Å². The molecule has 138 valence electrons. The van der Waals surface area contributed by atoms with Crippen molar-refractivity contribution >= 4 is 5.91 Å². The number of aromatic nitrogens is 2. The molecule has 6 heteroatoms. The Morgan fingerprint density at radius 2 is 2.19 bits per heavy atom. The lowest BCUT2D eigenvalue weighted by atomic mass is 9.88. The molecule has 1 amide bonds. The number of amides is 1. The molecule has 1 aromatic heterocycles. The second-order valence-electron chi connectivity index (χ2n) is 8.27. The second kappa shape index (κ2) is 6.20. The van der Waals surface area contributed by atoms with Gasteiger partial charge in [-0.15, -0.1) is 0 Å². The summed E-state index contributed by atoms with van der Waals surface area (Å²) >= 11 is 0. The Labute approximate surface area is 153 Å². The van der Waals surface area contributed by atoms with Crippen LogP contribution >= 0.6 is 0 Å². The van der Waals surface area contributed by atoms with Crippen LogP contribution in [-0.4, -0.2) is 39.5 Å². The summed E-state index contributed by atoms with van der Waals surface area (Å²) in [7, 11) is 1.85. The average Bonchev–Trinajstić information content (AvgIpc) is 3.25. The van der Waals surface area contributed by atoms with Gasteiger partial charge in [-0.3, -0.25) is 9.69 Å². The van der Waals surface area contributed by atoms with Crippen LogP contribution in [0.1, 0.15) is 47.9 Å². The summed E-state index contributed by atoms with van der Waals surface area (Å²) in [6, 6.07) is 5.41. The zero-order valence-electron chi connectivity index (χ0n) is 15.5. The van der Waals surface area contributed by atoms with Crippen LogP contribution in [0.15, 0.2) is 30.7 Å². The van der Waals surface area contributed by atoms with Crippen LogP contribution in [0.25, 0.3) is 0 Å². The Hall–Kier alpha value is -2.21. The molecule has 1 saturated heterocycles. The molecule has 2 atom stereocenters. The maximum Gasteiger partial charge on any atom is 0.271 e. The maximum absolute atomic E-state index is 13.7. The number of fused-ring (bicyclic) bond motifs is 1. The number of halogens is 1. The molecule has 4 rings (SSSR count). The first-order chi connectivity index (χ1) is 12.3. The first kappa shape index (κ1) is 17.2. The molecule has 0 saturated carbocycles. The second-order valence-corrected chi connectivity index (χ2v) is 8.27. The van der Waals surface area contributed by atoms with E-state index in [2.05, 4.69) is 29.0 Å². The fourth-order valence-electron chi connectivity index (χ4n) is 4.35. The van der Waals surface area contributed by atoms with Crippen LogP contribution < -0.4 is 5.32 Å². The third kappa shape index (κ3) is 3.03. The number of benzene rings is 1. The van der Waals surface area contributed by atoms with E-state index in [9.17, 15) is 9.18 Å². The van der Waals surface area contributed by atoms with Crippen molar-refractivity contribution in [1.29, 1.82) is 0 Å². The van der Waals surface area contributed by atoms with Crippen molar-refractivity contribution in [2.45, 2.75) is 38.8 Å². The number of carbonyl (C=O) groups is 1. The van der Waals surface area contributed by atoms with E-state index in [1.165, 1.54) is 5.56 Å². The number of imidazole rings is 1. The number of hydrogen-bond donors (Lipinski definition) is 1. The van der Waals surface area contributed by atoms with Gasteiger partial charge in [0.15, 0.2) is 0 Å². The van der Waals surface area contributed by atoms with Gasteiger partial charge in [0.25, 0.3) is 5.91 Å². The molecule has 26 heavy (non-hydrogen) atoms. The Bertz CT molecular complexity index is 844. The van der Waals surface area contributed by atoms with Crippen molar-refractivity contribution in [3.63, 3.8) is 0 Å². The van der Waals surface area contributed by atoms with Crippen LogP contribution in [0.5, 0.6) is 0 Å². The SMILES string of the molecule is Cn1cnc(C(=O)NC2CN(C3CCc4ccc(F)cc43)CC2(C)C)c1. The molecule has 0 radical (unpaired) electrons. The molecule has 1 aromatic carbocycles. The Morgan fingerprint density at radius 3 is 2.92 bits per heavy atom. The summed E-state index contributed by atoms with van der Waals surface area (Å²) in [6.07, 6.45) is 5.36. The highest BCUT2D eigenvalue weighted by molar-refractivity contribution is 5.92. The van der Waals surface area contributed by atoms with Crippen molar-refractivity contribution < 1.29 is 9.18 Å². The number of nitrogens with one attached hydrogen (secondary N) is 1. The number of aryl methyl sites for hydroxylation is 2. The van der Waals surface area contributed by atoms with E-state index < -0.39 is 0 Å². The Kier molecular flexibility index (Phi) is 4.10. The van der Waals surface area contributed by atoms with Crippen molar-refractivity contribution in [2.24, 2.45) is 12.5 Å². The molecule has 2 aliphatic rings. The van der Waals surface area contributed by atoms with Gasteiger partial charge in [-0.05, 0) is 41.5 Å². The summed E-state index contributed by atoms with van der Waals surface area (Å²) < 4.78 is 15.5. The van der Waals surface area contributed by atoms with E-state index in [0.717, 1.165) is 31.5 Å². The third-order valence-corrected chi connectivity index (χ3v) is 5.81. The number of hydrogen-bond acceptors (Lipinski definition) is 3. The zero-order chi connectivity index (χ0) is 18.5. The topological polar surface area (TPSA) is 50.2 Å². The maximum atomic E-state index is 13.7. The van der Waals surface area contributed by atoms with Gasteiger partial charge in [-0.2, -0.15) is 0 Å². The molecule has 2 unspecified atom stereocenters. The number of carbonyl (C=O) groups excluding carboxylic acids is 1. The molecule has 0 spiro atoms. The minimum absolute atomic E-state index is 0.0367. The van der Waals surface area contributed by atoms with Gasteiger partial charge in [0.1, 0.15) is 11.5 Å². The number of likely N-dealkylation sites (tertiary alicyclic amines) is 1. The highest BCUT2D eigenvalue weighted by Crippen LogP contribution is 2.41. The smallest absolute Gasteiger partial charge is 0.271 e. The van der Waals surface area contributed by atoms with Gasteiger partial charge in [-0.1, -0.05) is 19.9 Å². The number of rotatable bonds is 3. The molecular formula is C20H25FN4O. The molecule has 2 heterocycles. The van der Waals surface area contributed by atoms with Crippen LogP contribution in [0.2, 0.25) is 0 Å². The van der Waals surface area contributed by atoms with Gasteiger partial charge in [0.05, 0.1) is 6.33 Å². The van der Waals surface area contributed by atoms with E-state index in [4.69, 9.17) is 0 Å². The van der Waals surface area contributed by atoms with Crippen LogP contribution in [0.3, 0.4) is 0 Å². The van der Waals surface area contributed by atoms with Crippen molar-refractivity contribution in [3.05, 3.63) is 53.4 Å². The summed E-state index contributed by atoms with van der Waals surface area (Å²) in [5, 5.41) is 3.16. The highest BCUT2D eigenvalue weighted by atomic mass is 19.1. The van der Waals surface area contributed by atoms with Crippen LogP contribution in [-0.2, 0) is 13.5 Å². The lowest BCUT2D eigenvalue weighted by Gasteiger charge is -2.27. The fraction of sp³-hybridized carbons (Fsp3) is 0.500. The molecule has 1 N–H and O–H groups in total. The Balaban J connectivity index is 1.50. The van der Waals surface area contributed by atoms with Gasteiger partial charge in [0, 0.05) is 38.4 Å². The molecule has 1 fully saturated rings. The van der Waals surface area contributed by atoms with Gasteiger partial charge >= 0.3 is 0 Å². The summed E-state index contributed by atoms with van der Waals surface area (Å²) in [5.74, 6) is -0.308. The van der Waals surface area contributed by atoms with E-state index >= 15 is 0 Å². The predicted octanol–water partition coefficient (Wildman–Crippen LogP) is 2.69. The summed E-state index contributed by atoms with van der Waals surface area (Å²) in [5.41, 5.74) is 2.74. The Morgan fingerprint density at radius 1 is 1.38 bits per heavy atom. The lowest BCUT2D eigenvalue weighted by Crippen LogP contribution is -2.44. The highest BCUT2D eigenvalue weighted by Gasteiger charge is 2.44. The van der Waals surface area contributed by atoms with Crippen LogP contribution in [0.4, 0.5) is 4.39 Å². The largest absolute Gasteiger partial charge is 0.346 e. The van der Waals surface area contributed by atoms with E-state index in [1.807, 2.05) is 13.1 Å².